The zero-order valence-corrected chi connectivity index (χ0v) is 8.48. The van der Waals surface area contributed by atoms with Gasteiger partial charge in [0.25, 0.3) is 0 Å². The van der Waals surface area contributed by atoms with Gasteiger partial charge >= 0.3 is 5.82 Å². The van der Waals surface area contributed by atoms with Crippen LogP contribution in [0.4, 0.5) is 17.3 Å². The first-order valence-electron chi connectivity index (χ1n) is 5.34. The molecule has 0 atom stereocenters. The zero-order chi connectivity index (χ0) is 10.1. The molecule has 0 aromatic carbocycles. The molecule has 1 saturated heterocycles. The fraction of sp³-hybridized carbons (Fsp3) is 0.500. The third-order valence-electron chi connectivity index (χ3n) is 2.86. The van der Waals surface area contributed by atoms with E-state index in [4.69, 9.17) is 0 Å². The molecule has 2 aliphatic heterocycles. The normalized spacial score (nSPS) is 18.8. The lowest BCUT2D eigenvalue weighted by Crippen LogP contribution is -2.30. The van der Waals surface area contributed by atoms with Gasteiger partial charge in [-0.1, -0.05) is 9.98 Å². The van der Waals surface area contributed by atoms with Crippen LogP contribution < -0.4 is 15.2 Å². The van der Waals surface area contributed by atoms with Crippen molar-refractivity contribution < 1.29 is 0 Å². The largest absolute Gasteiger partial charge is 0.353 e. The molecule has 1 aromatic heterocycles. The van der Waals surface area contributed by atoms with E-state index < -0.39 is 0 Å². The van der Waals surface area contributed by atoms with Gasteiger partial charge in [-0.25, -0.2) is 0 Å². The maximum atomic E-state index is 4.35. The van der Waals surface area contributed by atoms with Gasteiger partial charge in [-0.2, -0.15) is 4.98 Å². The van der Waals surface area contributed by atoms with Crippen molar-refractivity contribution in [2.45, 2.75) is 19.3 Å². The van der Waals surface area contributed by atoms with E-state index in [1.807, 2.05) is 0 Å². The number of fused-ring (bicyclic) bond motifs is 1. The Bertz CT molecular complexity index is 395. The summed E-state index contributed by atoms with van der Waals surface area (Å²) in [4.78, 5) is 14.9. The van der Waals surface area contributed by atoms with E-state index in [1.54, 1.807) is 12.7 Å². The minimum atomic E-state index is 0.755. The highest BCUT2D eigenvalue weighted by atomic mass is 15.2. The Morgan fingerprint density at radius 2 is 2.07 bits per heavy atom. The van der Waals surface area contributed by atoms with E-state index in [1.165, 1.54) is 19.3 Å². The second-order valence-electron chi connectivity index (χ2n) is 3.85. The highest BCUT2D eigenvalue weighted by Gasteiger charge is 2.26. The monoisotopic (exact) mass is 203 g/mol. The Hall–Kier alpha value is -1.65. The number of anilines is 2. The van der Waals surface area contributed by atoms with Crippen molar-refractivity contribution in [3.05, 3.63) is 6.33 Å². The van der Waals surface area contributed by atoms with Crippen molar-refractivity contribution in [3.63, 3.8) is 0 Å². The van der Waals surface area contributed by atoms with E-state index in [-0.39, 0.29) is 0 Å². The minimum Gasteiger partial charge on any atom is -0.353 e. The van der Waals surface area contributed by atoms with Crippen LogP contribution in [0.3, 0.4) is 0 Å². The molecule has 1 N–H and O–H groups in total. The van der Waals surface area contributed by atoms with Crippen LogP contribution in [-0.4, -0.2) is 29.4 Å². The lowest BCUT2D eigenvalue weighted by molar-refractivity contribution is 0.573. The molecule has 1 aromatic rings. The van der Waals surface area contributed by atoms with Crippen molar-refractivity contribution in [1.82, 2.24) is 15.0 Å². The fourth-order valence-corrected chi connectivity index (χ4v) is 2.10. The molecule has 0 amide bonds. The summed E-state index contributed by atoms with van der Waals surface area (Å²) in [7, 11) is 0. The Morgan fingerprint density at radius 3 is 2.93 bits per heavy atom. The van der Waals surface area contributed by atoms with Gasteiger partial charge in [0.05, 0.1) is 0 Å². The summed E-state index contributed by atoms with van der Waals surface area (Å²) in [6.45, 7) is 2.18. The molecule has 3 rings (SSSR count). The van der Waals surface area contributed by atoms with Crippen molar-refractivity contribution >= 4 is 23.7 Å². The Morgan fingerprint density at radius 1 is 1.20 bits per heavy atom. The van der Waals surface area contributed by atoms with Crippen LogP contribution >= 0.6 is 0 Å². The Labute approximate surface area is 88.3 Å². The summed E-state index contributed by atoms with van der Waals surface area (Å²) >= 11 is 0. The predicted octanol–water partition coefficient (Wildman–Crippen LogP) is 0.888. The van der Waals surface area contributed by atoms with Gasteiger partial charge < -0.3 is 4.90 Å². The summed E-state index contributed by atoms with van der Waals surface area (Å²) in [5.74, 6) is 1.75. The number of hydrogen-bond donors (Lipinski definition) is 1. The highest BCUT2D eigenvalue weighted by Crippen LogP contribution is 2.31. The van der Waals surface area contributed by atoms with Gasteiger partial charge in [-0.3, -0.25) is 5.32 Å². The standard InChI is InChI=1S/C10H13N5/c1-2-4-15(5-3-1)10-8-9(12-6-11-8)13-7-14-10/h6-7,11H,1-5H2/q+1. The first-order valence-corrected chi connectivity index (χ1v) is 5.34. The topological polar surface area (TPSA) is 55.2 Å². The molecular weight excluding hydrogens is 190 g/mol. The van der Waals surface area contributed by atoms with Crippen LogP contribution in [0.5, 0.6) is 0 Å². The lowest BCUT2D eigenvalue weighted by atomic mass is 10.1. The second-order valence-corrected chi connectivity index (χ2v) is 3.85. The number of hydrogen-bond acceptors (Lipinski definition) is 5. The summed E-state index contributed by atoms with van der Waals surface area (Å²) < 4.78 is 0. The quantitative estimate of drug-likeness (QED) is 0.736. The van der Waals surface area contributed by atoms with E-state index >= 15 is 0 Å². The zero-order valence-electron chi connectivity index (χ0n) is 8.48. The molecule has 0 spiro atoms. The van der Waals surface area contributed by atoms with Crippen LogP contribution in [0.15, 0.2) is 6.33 Å². The first-order chi connectivity index (χ1) is 7.45. The van der Waals surface area contributed by atoms with E-state index in [0.29, 0.717) is 0 Å². The maximum absolute atomic E-state index is 4.35. The molecule has 2 aliphatic rings. The van der Waals surface area contributed by atoms with Gasteiger partial charge in [0.15, 0.2) is 12.1 Å². The molecule has 0 unspecified atom stereocenters. The Kier molecular flexibility index (Phi) is 2.01. The predicted molar refractivity (Wildman–Crippen MR) is 59.6 cm³/mol. The van der Waals surface area contributed by atoms with Gasteiger partial charge in [-0.15, -0.1) is 0 Å². The number of nitrogens with zero attached hydrogens (tertiary/aromatic N) is 4. The number of nitrogens with one attached hydrogen (secondary N) is 1. The molecule has 5 heteroatoms. The van der Waals surface area contributed by atoms with E-state index in [2.05, 4.69) is 25.2 Å². The number of rotatable bonds is 1. The van der Waals surface area contributed by atoms with E-state index in [0.717, 1.165) is 30.4 Å². The number of piperidine rings is 1. The average molecular weight is 203 g/mol. The molecule has 3 heterocycles. The maximum Gasteiger partial charge on any atom is 0.341 e. The molecule has 0 saturated carbocycles. The molecule has 1 fully saturated rings. The highest BCUT2D eigenvalue weighted by molar-refractivity contribution is 5.93. The minimum absolute atomic E-state index is 0.755. The molecule has 1 radical (unpaired) electrons. The van der Waals surface area contributed by atoms with Gasteiger partial charge in [0.1, 0.15) is 0 Å². The second kappa shape index (κ2) is 3.49. The van der Waals surface area contributed by atoms with Gasteiger partial charge in [-0.05, 0) is 19.3 Å². The molecule has 5 nitrogen and oxygen atoms in total. The lowest BCUT2D eigenvalue weighted by Gasteiger charge is -2.27. The molecule has 0 aliphatic carbocycles. The first kappa shape index (κ1) is 8.64. The van der Waals surface area contributed by atoms with Gasteiger partial charge in [0.2, 0.25) is 12.0 Å². The summed E-state index contributed by atoms with van der Waals surface area (Å²) in [5, 5.41) is 3.11. The molecular formula is C10H13N5+. The van der Waals surface area contributed by atoms with Crippen LogP contribution in [0, 0.1) is 0 Å². The van der Waals surface area contributed by atoms with Gasteiger partial charge in [0, 0.05) is 13.1 Å². The third-order valence-corrected chi connectivity index (χ3v) is 2.86. The van der Waals surface area contributed by atoms with Crippen LogP contribution in [0.1, 0.15) is 19.3 Å². The van der Waals surface area contributed by atoms with E-state index in [9.17, 15) is 0 Å². The average Bonchev–Trinajstić information content (AvgIpc) is 2.78. The van der Waals surface area contributed by atoms with Crippen molar-refractivity contribution in [1.29, 1.82) is 0 Å². The number of aromatic nitrogens is 2. The number of aliphatic imine (C=N–C) groups is 1. The van der Waals surface area contributed by atoms with Crippen molar-refractivity contribution in [2.75, 3.05) is 23.3 Å². The third kappa shape index (κ3) is 1.44. The molecule has 77 valence electrons. The van der Waals surface area contributed by atoms with Crippen molar-refractivity contribution in [3.8, 4) is 0 Å². The summed E-state index contributed by atoms with van der Waals surface area (Å²) in [6.07, 6.45) is 7.09. The van der Waals surface area contributed by atoms with Crippen molar-refractivity contribution in [2.24, 2.45) is 0 Å². The molecule has 15 heavy (non-hydrogen) atoms. The SMILES string of the molecule is C1=[N+]c2ncnc(N3CCCCC3)c2N1. The Balaban J connectivity index is 1.95. The fourth-order valence-electron chi connectivity index (χ4n) is 2.10. The van der Waals surface area contributed by atoms with Crippen LogP contribution in [0.25, 0.3) is 0 Å². The van der Waals surface area contributed by atoms with Crippen LogP contribution in [-0.2, 0) is 0 Å². The summed E-state index contributed by atoms with van der Waals surface area (Å²) in [6, 6.07) is 0. The smallest absolute Gasteiger partial charge is 0.341 e. The summed E-state index contributed by atoms with van der Waals surface area (Å²) in [5.41, 5.74) is 0.958. The molecule has 0 bridgehead atoms. The van der Waals surface area contributed by atoms with Crippen LogP contribution in [0.2, 0.25) is 0 Å².